The van der Waals surface area contributed by atoms with Crippen molar-refractivity contribution in [2.24, 2.45) is 0 Å². The highest BCUT2D eigenvalue weighted by Crippen LogP contribution is 2.33. The van der Waals surface area contributed by atoms with Crippen molar-refractivity contribution in [3.05, 3.63) is 52.3 Å². The van der Waals surface area contributed by atoms with Gasteiger partial charge in [-0.1, -0.05) is 12.1 Å². The van der Waals surface area contributed by atoms with Crippen molar-refractivity contribution in [1.82, 2.24) is 24.5 Å². The normalized spacial score (nSPS) is 16.8. The van der Waals surface area contributed by atoms with E-state index in [0.717, 1.165) is 35.4 Å². The number of benzene rings is 1. The fourth-order valence-corrected chi connectivity index (χ4v) is 6.75. The van der Waals surface area contributed by atoms with Gasteiger partial charge in [-0.15, -0.1) is 11.3 Å². The van der Waals surface area contributed by atoms with E-state index in [9.17, 15) is 14.4 Å². The third kappa shape index (κ3) is 4.23. The molecule has 0 unspecified atom stereocenters. The number of hydrogen-bond acceptors (Lipinski definition) is 7. The lowest BCUT2D eigenvalue weighted by molar-refractivity contribution is -0.129. The molecule has 4 aromatic rings. The molecule has 2 amide bonds. The molecule has 10 heteroatoms. The number of piperazine rings is 1. The molecule has 0 radical (unpaired) electrons. The van der Waals surface area contributed by atoms with Crippen LogP contribution in [-0.2, 0) is 4.79 Å². The summed E-state index contributed by atoms with van der Waals surface area (Å²) in [5.41, 5.74) is 1.58. The highest BCUT2D eigenvalue weighted by atomic mass is 32.1. The van der Waals surface area contributed by atoms with Gasteiger partial charge >= 0.3 is 0 Å². The number of pyridine rings is 2. The number of carbonyl (C=O) groups excluding carboxylic acids is 2. The quantitative estimate of drug-likeness (QED) is 0.437. The number of fused-ring (bicyclic) bond motifs is 5. The summed E-state index contributed by atoms with van der Waals surface area (Å²) in [6.07, 6.45) is 4.11. The number of likely N-dealkylation sites (tertiary alicyclic amines) is 1. The zero-order chi connectivity index (χ0) is 25.5. The van der Waals surface area contributed by atoms with Crippen LogP contribution in [-0.4, -0.2) is 83.4 Å². The second-order valence-corrected chi connectivity index (χ2v) is 10.8. The van der Waals surface area contributed by atoms with Gasteiger partial charge in [0.25, 0.3) is 5.91 Å². The summed E-state index contributed by atoms with van der Waals surface area (Å²) < 4.78 is 3.04. The zero-order valence-electron chi connectivity index (χ0n) is 20.9. The molecular formula is C27H30N6O3S. The Morgan fingerprint density at radius 3 is 2.51 bits per heavy atom. The molecule has 192 valence electrons. The van der Waals surface area contributed by atoms with Crippen molar-refractivity contribution in [3.8, 4) is 0 Å². The summed E-state index contributed by atoms with van der Waals surface area (Å²) in [6.45, 7) is 7.27. The molecule has 6 rings (SSSR count). The van der Waals surface area contributed by atoms with Crippen molar-refractivity contribution in [2.75, 3.05) is 57.3 Å². The lowest BCUT2D eigenvalue weighted by Gasteiger charge is -2.35. The van der Waals surface area contributed by atoms with Gasteiger partial charge in [0.2, 0.25) is 11.3 Å². The third-order valence-corrected chi connectivity index (χ3v) is 8.64. The van der Waals surface area contributed by atoms with Crippen LogP contribution < -0.4 is 15.6 Å². The van der Waals surface area contributed by atoms with Crippen molar-refractivity contribution >= 4 is 54.9 Å². The molecule has 0 spiro atoms. The van der Waals surface area contributed by atoms with E-state index in [1.165, 1.54) is 24.2 Å². The van der Waals surface area contributed by atoms with Crippen molar-refractivity contribution in [1.29, 1.82) is 0 Å². The van der Waals surface area contributed by atoms with E-state index < -0.39 is 0 Å². The van der Waals surface area contributed by atoms with Gasteiger partial charge in [-0.3, -0.25) is 18.8 Å². The Morgan fingerprint density at radius 2 is 1.76 bits per heavy atom. The molecule has 0 aliphatic carbocycles. The first-order chi connectivity index (χ1) is 18.0. The van der Waals surface area contributed by atoms with Crippen molar-refractivity contribution in [2.45, 2.75) is 19.8 Å². The highest BCUT2D eigenvalue weighted by molar-refractivity contribution is 7.24. The van der Waals surface area contributed by atoms with Crippen LogP contribution in [0.2, 0.25) is 0 Å². The van der Waals surface area contributed by atoms with Gasteiger partial charge < -0.3 is 20.0 Å². The largest absolute Gasteiger partial charge is 0.352 e. The van der Waals surface area contributed by atoms with E-state index >= 15 is 0 Å². The number of para-hydroxylation sites is 1. The number of rotatable bonds is 5. The summed E-state index contributed by atoms with van der Waals surface area (Å²) in [6, 6.07) is 9.82. The van der Waals surface area contributed by atoms with Gasteiger partial charge in [-0.2, -0.15) is 0 Å². The van der Waals surface area contributed by atoms with E-state index in [-0.39, 0.29) is 22.8 Å². The summed E-state index contributed by atoms with van der Waals surface area (Å²) in [7, 11) is 0. The molecule has 5 heterocycles. The van der Waals surface area contributed by atoms with Gasteiger partial charge in [-0.25, -0.2) is 4.98 Å². The summed E-state index contributed by atoms with van der Waals surface area (Å²) in [5, 5.41) is 3.47. The van der Waals surface area contributed by atoms with E-state index in [1.807, 2.05) is 34.7 Å². The molecule has 2 saturated heterocycles. The minimum absolute atomic E-state index is 0.0462. The number of aromatic nitrogens is 2. The smallest absolute Gasteiger partial charge is 0.258 e. The molecule has 0 atom stereocenters. The van der Waals surface area contributed by atoms with Crippen molar-refractivity contribution < 1.29 is 9.59 Å². The average molecular weight is 519 g/mol. The minimum Gasteiger partial charge on any atom is -0.352 e. The number of nitrogens with one attached hydrogen (secondary N) is 1. The molecule has 2 aliphatic heterocycles. The van der Waals surface area contributed by atoms with Crippen LogP contribution in [0.1, 0.15) is 30.1 Å². The van der Waals surface area contributed by atoms with Crippen LogP contribution in [0.25, 0.3) is 25.9 Å². The average Bonchev–Trinajstić information content (AvgIpc) is 3.56. The maximum atomic E-state index is 14.1. The molecule has 9 nitrogen and oxygen atoms in total. The topological polar surface area (TPSA) is 90.3 Å². The Bertz CT molecular complexity index is 1560. The Labute approximate surface area is 218 Å². The molecule has 2 aliphatic rings. The molecule has 0 bridgehead atoms. The zero-order valence-corrected chi connectivity index (χ0v) is 21.7. The SMILES string of the molecule is CC(=O)N1CCN(c2nccc3c2c(=O)c(C(=O)NCCN2CCCC2)c2sc4ccccc4n23)CC1. The Morgan fingerprint density at radius 1 is 1.00 bits per heavy atom. The first-order valence-electron chi connectivity index (χ1n) is 12.9. The van der Waals surface area contributed by atoms with Crippen LogP contribution in [0.3, 0.4) is 0 Å². The highest BCUT2D eigenvalue weighted by Gasteiger charge is 2.27. The van der Waals surface area contributed by atoms with Gasteiger partial charge in [0.15, 0.2) is 0 Å². The van der Waals surface area contributed by atoms with Gasteiger partial charge in [0.1, 0.15) is 16.2 Å². The standard InChI is InChI=1S/C27H30N6O3S/c1-18(34)31-14-16-32(17-15-31)25-22-20(8-9-28-25)33-19-6-2-3-7-21(19)37-27(33)23(24(22)35)26(36)29-10-13-30-11-4-5-12-30/h2-3,6-9H,4-5,10-17H2,1H3,(H,29,36). The number of thiazole rings is 1. The third-order valence-electron chi connectivity index (χ3n) is 7.50. The summed E-state index contributed by atoms with van der Waals surface area (Å²) in [4.78, 5) is 51.0. The maximum Gasteiger partial charge on any atom is 0.258 e. The second-order valence-electron chi connectivity index (χ2n) is 9.74. The van der Waals surface area contributed by atoms with Gasteiger partial charge in [0, 0.05) is 52.4 Å². The van der Waals surface area contributed by atoms with E-state index in [2.05, 4.69) is 20.1 Å². The molecule has 1 N–H and O–H groups in total. The summed E-state index contributed by atoms with van der Waals surface area (Å²) >= 11 is 1.46. The number of amides is 2. The number of nitrogens with zero attached hydrogens (tertiary/aromatic N) is 5. The molecule has 2 fully saturated rings. The first-order valence-corrected chi connectivity index (χ1v) is 13.7. The molecular weight excluding hydrogens is 488 g/mol. The van der Waals surface area contributed by atoms with Gasteiger partial charge in [0.05, 0.1) is 21.1 Å². The van der Waals surface area contributed by atoms with Crippen molar-refractivity contribution in [3.63, 3.8) is 0 Å². The number of carbonyl (C=O) groups is 2. The molecule has 0 saturated carbocycles. The van der Waals surface area contributed by atoms with E-state index in [4.69, 9.17) is 0 Å². The van der Waals surface area contributed by atoms with Gasteiger partial charge in [-0.05, 0) is 44.1 Å². The van der Waals surface area contributed by atoms with Crippen LogP contribution in [0, 0.1) is 0 Å². The molecule has 1 aromatic carbocycles. The lowest BCUT2D eigenvalue weighted by atomic mass is 10.1. The number of hydrogen-bond donors (Lipinski definition) is 1. The predicted molar refractivity (Wildman–Crippen MR) is 147 cm³/mol. The van der Waals surface area contributed by atoms with E-state index in [1.54, 1.807) is 18.0 Å². The second kappa shape index (κ2) is 9.75. The molecule has 37 heavy (non-hydrogen) atoms. The Kier molecular flexibility index (Phi) is 6.29. The summed E-state index contributed by atoms with van der Waals surface area (Å²) in [5.74, 6) is 0.276. The van der Waals surface area contributed by atoms with Crippen LogP contribution >= 0.6 is 11.3 Å². The maximum absolute atomic E-state index is 14.1. The monoisotopic (exact) mass is 518 g/mol. The van der Waals surface area contributed by atoms with Crippen LogP contribution in [0.4, 0.5) is 5.82 Å². The first kappa shape index (κ1) is 23.9. The Hall–Kier alpha value is -3.50. The fraction of sp³-hybridized carbons (Fsp3) is 0.407. The van der Waals surface area contributed by atoms with E-state index in [0.29, 0.717) is 48.8 Å². The fourth-order valence-electron chi connectivity index (χ4n) is 5.55. The lowest BCUT2D eigenvalue weighted by Crippen LogP contribution is -2.48. The van der Waals surface area contributed by atoms with Crippen LogP contribution in [0.5, 0.6) is 0 Å². The van der Waals surface area contributed by atoms with Crippen LogP contribution in [0.15, 0.2) is 41.3 Å². The minimum atomic E-state index is -0.341. The number of anilines is 1. The predicted octanol–water partition coefficient (Wildman–Crippen LogP) is 2.56. The molecule has 3 aromatic heterocycles. The Balaban J connectivity index is 1.47.